The molecule has 0 aromatic carbocycles. The smallest absolute Gasteiger partial charge is 0.253 e. The van der Waals surface area contributed by atoms with Crippen molar-refractivity contribution >= 4 is 24.0 Å². The maximum Gasteiger partial charge on any atom is 0.253 e. The van der Waals surface area contributed by atoms with Crippen LogP contribution < -0.4 is 5.32 Å². The Morgan fingerprint density at radius 1 is 1.30 bits per heavy atom. The molecule has 1 atom stereocenters. The average Bonchev–Trinajstić information content (AvgIpc) is 2.72. The van der Waals surface area contributed by atoms with Crippen LogP contribution in [0.4, 0.5) is 0 Å². The Bertz CT molecular complexity index is 594. The first-order chi connectivity index (χ1) is 9.51. The number of hydrogen-bond donors (Lipinski definition) is 1. The van der Waals surface area contributed by atoms with E-state index >= 15 is 0 Å². The number of nitrogens with zero attached hydrogens (tertiary/aromatic N) is 3. The summed E-state index contributed by atoms with van der Waals surface area (Å²) in [4.78, 5) is 24.4. The zero-order valence-corrected chi connectivity index (χ0v) is 11.9. The third-order valence-electron chi connectivity index (χ3n) is 2.92. The summed E-state index contributed by atoms with van der Waals surface area (Å²) in [6.45, 7) is 5.85. The molecule has 1 N–H and O–H groups in total. The zero-order valence-electron chi connectivity index (χ0n) is 11.9. The van der Waals surface area contributed by atoms with Gasteiger partial charge in [0.2, 0.25) is 5.91 Å². The molecular weight excluding hydrogens is 256 g/mol. The van der Waals surface area contributed by atoms with E-state index in [2.05, 4.69) is 15.5 Å². The predicted molar refractivity (Wildman–Crippen MR) is 75.5 cm³/mol. The van der Waals surface area contributed by atoms with E-state index in [4.69, 9.17) is 0 Å². The minimum Gasteiger partial charge on any atom is -0.295 e. The fourth-order valence-corrected chi connectivity index (χ4v) is 2.04. The van der Waals surface area contributed by atoms with Crippen molar-refractivity contribution < 1.29 is 9.59 Å². The summed E-state index contributed by atoms with van der Waals surface area (Å²) in [5.74, 6) is -0.580. The lowest BCUT2D eigenvalue weighted by Gasteiger charge is -2.19. The highest BCUT2D eigenvalue weighted by Gasteiger charge is 2.30. The molecule has 1 aromatic heterocycles. The van der Waals surface area contributed by atoms with E-state index in [-0.39, 0.29) is 11.8 Å². The van der Waals surface area contributed by atoms with E-state index in [0.717, 1.165) is 17.0 Å². The second-order valence-electron chi connectivity index (χ2n) is 4.98. The summed E-state index contributed by atoms with van der Waals surface area (Å²) >= 11 is 0. The Labute approximate surface area is 117 Å². The number of aromatic nitrogens is 3. The number of rotatable bonds is 3. The van der Waals surface area contributed by atoms with Crippen molar-refractivity contribution in [1.29, 1.82) is 0 Å². The van der Waals surface area contributed by atoms with Gasteiger partial charge in [0.05, 0.1) is 0 Å². The summed E-state index contributed by atoms with van der Waals surface area (Å²) in [6.07, 6.45) is 6.40. The van der Waals surface area contributed by atoms with Crippen LogP contribution in [0.2, 0.25) is 0 Å². The normalized spacial score (nSPS) is 19.2. The van der Waals surface area contributed by atoms with E-state index < -0.39 is 6.04 Å². The van der Waals surface area contributed by atoms with E-state index in [1.54, 1.807) is 0 Å². The molecule has 1 saturated heterocycles. The lowest BCUT2D eigenvalue weighted by molar-refractivity contribution is -0.136. The van der Waals surface area contributed by atoms with Crippen LogP contribution in [0.1, 0.15) is 51.0 Å². The molecule has 1 fully saturated rings. The standard InChI is InChI=1S/C14H18N4O2/c1-4-5-10-11(8-9(2)3)17-18(16-10)12-6-7-13(19)15-14(12)20/h4-5,8,12H,6-7H2,1-3H3,(H,15,19,20)/b5-4-. The third kappa shape index (κ3) is 3.01. The number of carbonyl (C=O) groups is 2. The van der Waals surface area contributed by atoms with Gasteiger partial charge >= 0.3 is 0 Å². The summed E-state index contributed by atoms with van der Waals surface area (Å²) in [5.41, 5.74) is 2.55. The van der Waals surface area contributed by atoms with Crippen LogP contribution in [0.15, 0.2) is 11.6 Å². The molecule has 0 saturated carbocycles. The molecule has 2 amide bonds. The van der Waals surface area contributed by atoms with Gasteiger partial charge in [-0.15, -0.1) is 0 Å². The molecular formula is C14H18N4O2. The predicted octanol–water partition coefficient (Wildman–Crippen LogP) is 1.71. The maximum atomic E-state index is 11.8. The lowest BCUT2D eigenvalue weighted by atomic mass is 10.1. The quantitative estimate of drug-likeness (QED) is 0.851. The molecule has 6 heteroatoms. The zero-order chi connectivity index (χ0) is 14.7. The Balaban J connectivity index is 2.35. The Morgan fingerprint density at radius 3 is 2.60 bits per heavy atom. The van der Waals surface area contributed by atoms with Crippen molar-refractivity contribution in [3.63, 3.8) is 0 Å². The molecule has 1 aliphatic heterocycles. The second kappa shape index (κ2) is 5.81. The van der Waals surface area contributed by atoms with Crippen molar-refractivity contribution in [3.05, 3.63) is 23.0 Å². The van der Waals surface area contributed by atoms with Gasteiger partial charge in [-0.05, 0) is 39.3 Å². The minimum atomic E-state index is -0.518. The van der Waals surface area contributed by atoms with Gasteiger partial charge in [-0.25, -0.2) is 0 Å². The molecule has 1 unspecified atom stereocenters. The number of amides is 2. The van der Waals surface area contributed by atoms with Crippen LogP contribution in [0.3, 0.4) is 0 Å². The molecule has 0 aliphatic carbocycles. The Morgan fingerprint density at radius 2 is 2.00 bits per heavy atom. The average molecular weight is 274 g/mol. The lowest BCUT2D eigenvalue weighted by Crippen LogP contribution is -2.42. The molecule has 20 heavy (non-hydrogen) atoms. The van der Waals surface area contributed by atoms with Gasteiger partial charge in [0.1, 0.15) is 11.4 Å². The number of imide groups is 1. The first-order valence-corrected chi connectivity index (χ1v) is 6.59. The molecule has 2 heterocycles. The summed E-state index contributed by atoms with van der Waals surface area (Å²) < 4.78 is 0. The highest BCUT2D eigenvalue weighted by atomic mass is 16.2. The topological polar surface area (TPSA) is 76.9 Å². The second-order valence-corrected chi connectivity index (χ2v) is 4.98. The Hall–Kier alpha value is -2.24. The number of hydrogen-bond acceptors (Lipinski definition) is 4. The fourth-order valence-electron chi connectivity index (χ4n) is 2.04. The maximum absolute atomic E-state index is 11.8. The molecule has 2 rings (SSSR count). The molecule has 0 spiro atoms. The van der Waals surface area contributed by atoms with Crippen molar-refractivity contribution in [2.75, 3.05) is 0 Å². The van der Waals surface area contributed by atoms with Gasteiger partial charge in [0.25, 0.3) is 5.91 Å². The summed E-state index contributed by atoms with van der Waals surface area (Å²) in [6, 6.07) is -0.518. The number of nitrogens with one attached hydrogen (secondary N) is 1. The van der Waals surface area contributed by atoms with Gasteiger partial charge < -0.3 is 0 Å². The monoisotopic (exact) mass is 274 g/mol. The number of carbonyl (C=O) groups excluding carboxylic acids is 2. The van der Waals surface area contributed by atoms with Crippen molar-refractivity contribution in [2.24, 2.45) is 0 Å². The molecule has 1 aliphatic rings. The Kier molecular flexibility index (Phi) is 4.12. The SMILES string of the molecule is C/C=C\c1nn(C2CCC(=O)NC2=O)nc1C=C(C)C. The van der Waals surface area contributed by atoms with Crippen molar-refractivity contribution in [3.8, 4) is 0 Å². The van der Waals surface area contributed by atoms with Crippen LogP contribution in [0.25, 0.3) is 12.2 Å². The third-order valence-corrected chi connectivity index (χ3v) is 2.92. The molecule has 106 valence electrons. The van der Waals surface area contributed by atoms with E-state index in [1.807, 2.05) is 39.0 Å². The highest BCUT2D eigenvalue weighted by Crippen LogP contribution is 2.19. The van der Waals surface area contributed by atoms with E-state index in [9.17, 15) is 9.59 Å². The van der Waals surface area contributed by atoms with Crippen LogP contribution >= 0.6 is 0 Å². The van der Waals surface area contributed by atoms with Crippen molar-refractivity contribution in [2.45, 2.75) is 39.7 Å². The van der Waals surface area contributed by atoms with Crippen LogP contribution in [0.5, 0.6) is 0 Å². The van der Waals surface area contributed by atoms with Crippen LogP contribution in [-0.2, 0) is 9.59 Å². The molecule has 0 radical (unpaired) electrons. The van der Waals surface area contributed by atoms with Gasteiger partial charge in [-0.2, -0.15) is 15.0 Å². The first kappa shape index (κ1) is 14.2. The van der Waals surface area contributed by atoms with Gasteiger partial charge in [0.15, 0.2) is 6.04 Å². The highest BCUT2D eigenvalue weighted by molar-refractivity contribution is 5.99. The molecule has 6 nitrogen and oxygen atoms in total. The van der Waals surface area contributed by atoms with Gasteiger partial charge in [-0.1, -0.05) is 11.6 Å². The van der Waals surface area contributed by atoms with Gasteiger partial charge in [0, 0.05) is 6.42 Å². The van der Waals surface area contributed by atoms with Gasteiger partial charge in [-0.3, -0.25) is 14.9 Å². The number of piperidine rings is 1. The number of allylic oxidation sites excluding steroid dienone is 2. The van der Waals surface area contributed by atoms with E-state index in [0.29, 0.717) is 12.8 Å². The molecule has 1 aromatic rings. The fraction of sp³-hybridized carbons (Fsp3) is 0.429. The van der Waals surface area contributed by atoms with E-state index in [1.165, 1.54) is 4.80 Å². The minimum absolute atomic E-state index is 0.239. The largest absolute Gasteiger partial charge is 0.295 e. The summed E-state index contributed by atoms with van der Waals surface area (Å²) in [5, 5.41) is 11.0. The first-order valence-electron chi connectivity index (χ1n) is 6.59. The molecule has 0 bridgehead atoms. The summed E-state index contributed by atoms with van der Waals surface area (Å²) in [7, 11) is 0. The van der Waals surface area contributed by atoms with Crippen molar-refractivity contribution in [1.82, 2.24) is 20.3 Å². The van der Waals surface area contributed by atoms with Crippen LogP contribution in [0, 0.1) is 0 Å². The van der Waals surface area contributed by atoms with Crippen LogP contribution in [-0.4, -0.2) is 26.8 Å².